The molecule has 0 aromatic heterocycles. The molecule has 0 bridgehead atoms. The van der Waals surface area contributed by atoms with Gasteiger partial charge >= 0.3 is 18.0 Å². The quantitative estimate of drug-likeness (QED) is 0.0296. The van der Waals surface area contributed by atoms with E-state index in [0.717, 1.165) is 27.8 Å². The van der Waals surface area contributed by atoms with Crippen molar-refractivity contribution in [2.75, 3.05) is 0 Å². The zero-order chi connectivity index (χ0) is 52.4. The molecule has 0 spiro atoms. The van der Waals surface area contributed by atoms with Crippen molar-refractivity contribution >= 4 is 41.4 Å². The lowest BCUT2D eigenvalue weighted by Gasteiger charge is -2.24. The second-order valence-electron chi connectivity index (χ2n) is 18.9. The maximum Gasteiger partial charge on any atom is 0.408 e. The Morgan fingerprint density at radius 1 is 0.444 bits per heavy atom. The minimum absolute atomic E-state index is 0.0389. The second-order valence-corrected chi connectivity index (χ2v) is 18.9. The van der Waals surface area contributed by atoms with Crippen LogP contribution in [0.4, 0.5) is 4.79 Å². The molecule has 0 aliphatic heterocycles. The van der Waals surface area contributed by atoms with E-state index in [2.05, 4.69) is 16.0 Å². The van der Waals surface area contributed by atoms with Crippen molar-refractivity contribution in [2.24, 2.45) is 29.4 Å². The maximum atomic E-state index is 13.7. The number of nitrogens with two attached hydrogens (primary N) is 1. The van der Waals surface area contributed by atoms with Crippen LogP contribution in [0, 0.1) is 23.7 Å². The van der Waals surface area contributed by atoms with Crippen LogP contribution in [0.1, 0.15) is 81.2 Å². The van der Waals surface area contributed by atoms with Gasteiger partial charge in [0.25, 0.3) is 0 Å². The lowest BCUT2D eigenvalue weighted by molar-refractivity contribution is -0.143. The second kappa shape index (κ2) is 30.3. The van der Waals surface area contributed by atoms with Crippen molar-refractivity contribution in [3.05, 3.63) is 179 Å². The zero-order valence-corrected chi connectivity index (χ0v) is 41.7. The summed E-state index contributed by atoms with van der Waals surface area (Å²) in [7, 11) is 0. The average molecular weight is 983 g/mol. The van der Waals surface area contributed by atoms with Gasteiger partial charge in [0.1, 0.15) is 18.7 Å². The predicted molar refractivity (Wildman–Crippen MR) is 276 cm³/mol. The molecule has 5 aromatic rings. The number of carboxylic acids is 2. The molecule has 0 unspecified atom stereocenters. The SMILES string of the molecule is CC(C)C[C@H](NC(=O)[C@@H](CC(=O)[C@@H](N)Cc1ccccc1)Cc1ccccc1)C(=O)O.CC(C)C[C@H](NC(=O)[C@@H](CC(=O)[C@H](Cc1ccccc1)NC(=O)OCc1ccccc1)Cc1ccccc1)C(=O)O. The summed E-state index contributed by atoms with van der Waals surface area (Å²) in [5.74, 6) is -5.08. The lowest BCUT2D eigenvalue weighted by atomic mass is 9.89. The van der Waals surface area contributed by atoms with Gasteiger partial charge in [0, 0.05) is 24.7 Å². The number of carbonyl (C=O) groups excluding carboxylic acids is 5. The molecule has 0 saturated carbocycles. The Bertz CT molecular complexity index is 2460. The molecule has 0 radical (unpaired) electrons. The highest BCUT2D eigenvalue weighted by Crippen LogP contribution is 2.20. The first-order chi connectivity index (χ1) is 34.5. The molecule has 0 saturated heterocycles. The third-order valence-corrected chi connectivity index (χ3v) is 11.8. The third-order valence-electron chi connectivity index (χ3n) is 11.8. The highest BCUT2D eigenvalue weighted by Gasteiger charge is 2.32. The summed E-state index contributed by atoms with van der Waals surface area (Å²) in [6.45, 7) is 7.60. The van der Waals surface area contributed by atoms with Gasteiger partial charge in [-0.25, -0.2) is 14.4 Å². The van der Waals surface area contributed by atoms with Crippen molar-refractivity contribution in [1.29, 1.82) is 0 Å². The summed E-state index contributed by atoms with van der Waals surface area (Å²) in [4.78, 5) is 89.1. The molecule has 3 amide bonds. The van der Waals surface area contributed by atoms with Gasteiger partial charge in [-0.15, -0.1) is 0 Å². The number of carboxylic acid groups (broad SMARTS) is 2. The predicted octanol–water partition coefficient (Wildman–Crippen LogP) is 7.95. The van der Waals surface area contributed by atoms with Gasteiger partial charge in [-0.3, -0.25) is 19.2 Å². The van der Waals surface area contributed by atoms with E-state index in [0.29, 0.717) is 19.3 Å². The summed E-state index contributed by atoms with van der Waals surface area (Å²) in [6.07, 6.45) is 0.797. The van der Waals surface area contributed by atoms with Crippen LogP contribution < -0.4 is 21.7 Å². The molecule has 0 aliphatic rings. The van der Waals surface area contributed by atoms with Gasteiger partial charge in [-0.2, -0.15) is 0 Å². The zero-order valence-electron chi connectivity index (χ0n) is 41.7. The van der Waals surface area contributed by atoms with Crippen LogP contribution >= 0.6 is 0 Å². The van der Waals surface area contributed by atoms with E-state index in [1.807, 2.05) is 179 Å². The van der Waals surface area contributed by atoms with Crippen molar-refractivity contribution in [3.8, 4) is 0 Å². The Balaban J connectivity index is 0.000000325. The van der Waals surface area contributed by atoms with E-state index < -0.39 is 65.8 Å². The monoisotopic (exact) mass is 983 g/mol. The molecule has 0 fully saturated rings. The summed E-state index contributed by atoms with van der Waals surface area (Å²) in [5.41, 5.74) is 10.5. The molecule has 0 aliphatic carbocycles. The molecule has 5 aromatic carbocycles. The van der Waals surface area contributed by atoms with Gasteiger partial charge in [0.05, 0.1) is 12.1 Å². The van der Waals surface area contributed by atoms with Crippen molar-refractivity contribution in [2.45, 2.75) is 110 Å². The number of Topliss-reactive ketones (excluding diaryl/α,β-unsaturated/α-hetero) is 2. The molecule has 14 heteroatoms. The molecule has 0 heterocycles. The average Bonchev–Trinajstić information content (AvgIpc) is 3.36. The number of benzene rings is 5. The molecule has 72 heavy (non-hydrogen) atoms. The van der Waals surface area contributed by atoms with Crippen LogP contribution in [-0.2, 0) is 65.8 Å². The largest absolute Gasteiger partial charge is 0.480 e. The minimum Gasteiger partial charge on any atom is -0.480 e. The smallest absolute Gasteiger partial charge is 0.408 e. The van der Waals surface area contributed by atoms with Gasteiger partial charge < -0.3 is 36.6 Å². The van der Waals surface area contributed by atoms with Crippen LogP contribution in [0.5, 0.6) is 0 Å². The topological polar surface area (TPSA) is 231 Å². The van der Waals surface area contributed by atoms with E-state index >= 15 is 0 Å². The number of nitrogens with one attached hydrogen (secondary N) is 3. The van der Waals surface area contributed by atoms with E-state index in [-0.39, 0.29) is 62.1 Å². The van der Waals surface area contributed by atoms with Gasteiger partial charge in [-0.05, 0) is 78.2 Å². The van der Waals surface area contributed by atoms with Crippen molar-refractivity contribution < 1.29 is 48.5 Å². The number of aliphatic carboxylic acids is 2. The standard InChI is InChI=1S/C33H38N2O6.C25H32N2O4/c1-23(2)18-29(32(38)39)34-31(37)27(19-24-12-6-3-7-13-24)21-30(36)28(20-25-14-8-4-9-15-25)35-33(40)41-22-26-16-10-5-11-17-26;1-17(2)13-22(25(30)31)27-24(29)20(14-18-9-5-3-6-10-18)16-23(28)21(26)15-19-11-7-4-8-12-19/h3-17,23,27-29H,18-22H2,1-2H3,(H,34,37)(H,35,40)(H,38,39);3-12,17,20-22H,13-16,26H2,1-2H3,(H,27,29)(H,30,31)/t27-,28+,29+;20-,21+,22+/m11/s1. The number of hydrogen-bond acceptors (Lipinski definition) is 9. The molecular weight excluding hydrogens is 913 g/mol. The summed E-state index contributed by atoms with van der Waals surface area (Å²) in [6, 6.07) is 42.9. The Labute approximate surface area is 423 Å². The summed E-state index contributed by atoms with van der Waals surface area (Å²) in [5, 5.41) is 27.1. The van der Waals surface area contributed by atoms with E-state index in [4.69, 9.17) is 10.5 Å². The molecular formula is C58H70N4O10. The number of hydrogen-bond donors (Lipinski definition) is 6. The first-order valence-corrected chi connectivity index (χ1v) is 24.5. The summed E-state index contributed by atoms with van der Waals surface area (Å²) < 4.78 is 5.36. The third kappa shape index (κ3) is 21.3. The fourth-order valence-electron chi connectivity index (χ4n) is 8.04. The number of rotatable bonds is 27. The molecule has 14 nitrogen and oxygen atoms in total. The van der Waals surface area contributed by atoms with Crippen LogP contribution in [0.3, 0.4) is 0 Å². The minimum atomic E-state index is -1.12. The van der Waals surface area contributed by atoms with E-state index in [1.54, 1.807) is 0 Å². The number of amides is 3. The lowest BCUT2D eigenvalue weighted by Crippen LogP contribution is -2.47. The van der Waals surface area contributed by atoms with Crippen molar-refractivity contribution in [3.63, 3.8) is 0 Å². The van der Waals surface area contributed by atoms with Crippen LogP contribution in [0.2, 0.25) is 0 Å². The first kappa shape index (κ1) is 57.1. The van der Waals surface area contributed by atoms with E-state index in [9.17, 15) is 43.8 Å². The fourth-order valence-corrected chi connectivity index (χ4v) is 8.04. The van der Waals surface area contributed by atoms with Gasteiger partial charge in [0.2, 0.25) is 11.8 Å². The number of carbonyl (C=O) groups is 7. The van der Waals surface area contributed by atoms with Gasteiger partial charge in [0.15, 0.2) is 11.6 Å². The molecule has 382 valence electrons. The Morgan fingerprint density at radius 2 is 0.778 bits per heavy atom. The Hall–Kier alpha value is -7.45. The molecule has 5 rings (SSSR count). The van der Waals surface area contributed by atoms with Crippen molar-refractivity contribution in [1.82, 2.24) is 16.0 Å². The highest BCUT2D eigenvalue weighted by molar-refractivity contribution is 5.93. The van der Waals surface area contributed by atoms with Crippen LogP contribution in [0.15, 0.2) is 152 Å². The van der Waals surface area contributed by atoms with E-state index in [1.165, 1.54) is 0 Å². The Kier molecular flexibility index (Phi) is 24.1. The number of ether oxygens (including phenoxy) is 1. The first-order valence-electron chi connectivity index (χ1n) is 24.5. The number of alkyl carbamates (subject to hydrolysis) is 1. The fraction of sp³-hybridized carbons (Fsp3) is 0.362. The maximum absolute atomic E-state index is 13.7. The molecule has 7 N–H and O–H groups in total. The highest BCUT2D eigenvalue weighted by atomic mass is 16.5. The normalized spacial score (nSPS) is 13.4. The van der Waals surface area contributed by atoms with Crippen LogP contribution in [-0.4, -0.2) is 75.8 Å². The van der Waals surface area contributed by atoms with Gasteiger partial charge in [-0.1, -0.05) is 179 Å². The van der Waals surface area contributed by atoms with Crippen LogP contribution in [0.25, 0.3) is 0 Å². The number of ketones is 2. The summed E-state index contributed by atoms with van der Waals surface area (Å²) >= 11 is 0. The Morgan fingerprint density at radius 3 is 1.14 bits per heavy atom. The molecule has 6 atom stereocenters.